The quantitative estimate of drug-likeness (QED) is 0.484. The third-order valence-electron chi connectivity index (χ3n) is 4.88. The predicted molar refractivity (Wildman–Crippen MR) is 96.6 cm³/mol. The van der Waals surface area contributed by atoms with E-state index in [0.29, 0.717) is 11.2 Å². The maximum absolute atomic E-state index is 12.4. The first-order valence-electron chi connectivity index (χ1n) is 8.64. The van der Waals surface area contributed by atoms with Crippen LogP contribution < -0.4 is 5.73 Å². The lowest BCUT2D eigenvalue weighted by Crippen LogP contribution is -2.25. The fraction of sp³-hybridized carbons (Fsp3) is 0.353. The second-order valence-corrected chi connectivity index (χ2v) is 8.38. The van der Waals surface area contributed by atoms with Gasteiger partial charge in [0.2, 0.25) is 0 Å². The Morgan fingerprint density at radius 3 is 2.71 bits per heavy atom. The number of nitrogen functional groups attached to an aromatic ring is 1. The number of fused-ring (bicyclic) bond motifs is 2. The molecule has 2 aromatic heterocycles. The largest absolute Gasteiger partial charge is 0.382 e. The Hall–Kier alpha value is -2.60. The van der Waals surface area contributed by atoms with E-state index in [4.69, 9.17) is 19.4 Å². The summed E-state index contributed by atoms with van der Waals surface area (Å²) in [5, 5.41) is 0. The number of aryl methyl sites for hydroxylation is 1. The van der Waals surface area contributed by atoms with Crippen molar-refractivity contribution in [3.63, 3.8) is 0 Å². The molecule has 5 rings (SSSR count). The molecule has 2 aliphatic rings. The summed E-state index contributed by atoms with van der Waals surface area (Å²) in [5.74, 6) is 0.277. The smallest absolute Gasteiger partial charge is 0.297 e. The molecule has 2 N–H and O–H groups in total. The van der Waals surface area contributed by atoms with Crippen molar-refractivity contribution in [3.8, 4) is 0 Å². The second kappa shape index (κ2) is 6.21. The van der Waals surface area contributed by atoms with Crippen LogP contribution in [0.4, 0.5) is 5.82 Å². The van der Waals surface area contributed by atoms with Crippen LogP contribution in [0.3, 0.4) is 0 Å². The van der Waals surface area contributed by atoms with E-state index in [0.717, 1.165) is 5.56 Å². The first-order chi connectivity index (χ1) is 13.4. The minimum atomic E-state index is -3.87. The van der Waals surface area contributed by atoms with Crippen LogP contribution >= 0.6 is 0 Å². The van der Waals surface area contributed by atoms with E-state index < -0.39 is 22.4 Å². The number of imidazole rings is 1. The Morgan fingerprint density at radius 1 is 1.14 bits per heavy atom. The lowest BCUT2D eigenvalue weighted by atomic mass is 10.2. The average molecular weight is 403 g/mol. The number of aromatic nitrogens is 4. The van der Waals surface area contributed by atoms with E-state index >= 15 is 0 Å². The summed E-state index contributed by atoms with van der Waals surface area (Å²) in [6, 6.07) is 6.47. The number of hydrogen-bond acceptors (Lipinski definition) is 9. The van der Waals surface area contributed by atoms with Gasteiger partial charge in [-0.3, -0.25) is 8.75 Å². The fourth-order valence-corrected chi connectivity index (χ4v) is 4.26. The molecule has 11 heteroatoms. The molecule has 4 atom stereocenters. The van der Waals surface area contributed by atoms with Crippen molar-refractivity contribution in [1.82, 2.24) is 19.5 Å². The van der Waals surface area contributed by atoms with Crippen molar-refractivity contribution in [2.75, 3.05) is 12.3 Å². The molecule has 3 aromatic rings. The summed E-state index contributed by atoms with van der Waals surface area (Å²) >= 11 is 0. The van der Waals surface area contributed by atoms with Crippen molar-refractivity contribution >= 4 is 27.1 Å². The first kappa shape index (κ1) is 17.5. The zero-order chi connectivity index (χ0) is 19.5. The highest BCUT2D eigenvalue weighted by atomic mass is 32.2. The molecular formula is C17H17N5O5S. The summed E-state index contributed by atoms with van der Waals surface area (Å²) in [6.07, 6.45) is 1.45. The number of rotatable bonds is 5. The second-order valence-electron chi connectivity index (χ2n) is 6.77. The molecule has 0 amide bonds. The van der Waals surface area contributed by atoms with E-state index in [1.165, 1.54) is 18.5 Å². The van der Waals surface area contributed by atoms with Crippen molar-refractivity contribution in [1.29, 1.82) is 0 Å². The van der Waals surface area contributed by atoms with Gasteiger partial charge in [-0.2, -0.15) is 8.42 Å². The van der Waals surface area contributed by atoms with Crippen LogP contribution in [0.5, 0.6) is 0 Å². The van der Waals surface area contributed by atoms with Gasteiger partial charge in [-0.05, 0) is 19.1 Å². The van der Waals surface area contributed by atoms with Gasteiger partial charge in [-0.1, -0.05) is 17.7 Å². The van der Waals surface area contributed by atoms with Crippen molar-refractivity contribution in [2.24, 2.45) is 0 Å². The number of nitrogens with two attached hydrogens (primary N) is 1. The van der Waals surface area contributed by atoms with Gasteiger partial charge in [-0.15, -0.1) is 0 Å². The lowest BCUT2D eigenvalue weighted by Gasteiger charge is -2.18. The molecule has 4 heterocycles. The van der Waals surface area contributed by atoms with Gasteiger partial charge in [0.1, 0.15) is 30.2 Å². The van der Waals surface area contributed by atoms with Crippen molar-refractivity contribution in [2.45, 2.75) is 36.4 Å². The van der Waals surface area contributed by atoms with Crippen molar-refractivity contribution < 1.29 is 22.1 Å². The number of ether oxygens (including phenoxy) is 2. The molecule has 1 aromatic carbocycles. The standard InChI is InChI=1S/C17H17N5O5S/c1-9-2-4-10(5-3-9)28(23,24)25-6-11-13-14(27-13)17(26-11)22-8-21-12-15(18)19-7-20-16(12)22/h2-5,7-8,11,13-14,17H,6H2,1H3,(H2,18,19,20)/t11-,13-,14+,17+/m0/s1. The summed E-state index contributed by atoms with van der Waals surface area (Å²) in [7, 11) is -3.87. The first-order valence-corrected chi connectivity index (χ1v) is 10.0. The maximum Gasteiger partial charge on any atom is 0.297 e. The number of epoxide rings is 1. The van der Waals surface area contributed by atoms with E-state index in [-0.39, 0.29) is 29.5 Å². The average Bonchev–Trinajstić information content (AvgIpc) is 3.20. The van der Waals surface area contributed by atoms with E-state index in [1.807, 2.05) is 6.92 Å². The Bertz CT molecular complexity index is 1150. The number of hydrogen-bond donors (Lipinski definition) is 1. The SMILES string of the molecule is Cc1ccc(S(=O)(=O)OC[C@@H]2O[C@@H](n3cnc4c(N)ncnc43)[C@@H]3O[C@H]32)cc1. The highest BCUT2D eigenvalue weighted by Gasteiger charge is 2.59. The van der Waals surface area contributed by atoms with Gasteiger partial charge in [0.15, 0.2) is 17.7 Å². The Balaban J connectivity index is 1.31. The molecule has 146 valence electrons. The van der Waals surface area contributed by atoms with Crippen LogP contribution in [0.25, 0.3) is 11.2 Å². The van der Waals surface area contributed by atoms with Crippen molar-refractivity contribution in [3.05, 3.63) is 42.5 Å². The monoisotopic (exact) mass is 403 g/mol. The minimum absolute atomic E-state index is 0.105. The third kappa shape index (κ3) is 2.83. The van der Waals surface area contributed by atoms with Gasteiger partial charge in [0.05, 0.1) is 17.8 Å². The van der Waals surface area contributed by atoms with E-state index in [1.54, 1.807) is 23.0 Å². The Labute approximate surface area is 160 Å². The Kier molecular flexibility index (Phi) is 3.88. The predicted octanol–water partition coefficient (Wildman–Crippen LogP) is 0.787. The highest BCUT2D eigenvalue weighted by Crippen LogP contribution is 2.45. The van der Waals surface area contributed by atoms with E-state index in [9.17, 15) is 8.42 Å². The molecular weight excluding hydrogens is 386 g/mol. The number of nitrogens with zero attached hydrogens (tertiary/aromatic N) is 4. The number of anilines is 1. The summed E-state index contributed by atoms with van der Waals surface area (Å²) in [6.45, 7) is 1.74. The molecule has 2 aliphatic heterocycles. The summed E-state index contributed by atoms with van der Waals surface area (Å²) in [4.78, 5) is 12.4. The summed E-state index contributed by atoms with van der Waals surface area (Å²) < 4.78 is 43.3. The van der Waals surface area contributed by atoms with Crippen LogP contribution in [0.1, 0.15) is 11.8 Å². The zero-order valence-electron chi connectivity index (χ0n) is 14.8. The molecule has 2 saturated heterocycles. The van der Waals surface area contributed by atoms with Gasteiger partial charge < -0.3 is 15.2 Å². The molecule has 0 radical (unpaired) electrons. The minimum Gasteiger partial charge on any atom is -0.382 e. The number of benzene rings is 1. The molecule has 0 saturated carbocycles. The van der Waals surface area contributed by atoms with Gasteiger partial charge >= 0.3 is 0 Å². The van der Waals surface area contributed by atoms with Crippen LogP contribution in [-0.4, -0.2) is 52.9 Å². The Morgan fingerprint density at radius 2 is 1.93 bits per heavy atom. The van der Waals surface area contributed by atoms with E-state index in [2.05, 4.69) is 15.0 Å². The molecule has 0 aliphatic carbocycles. The lowest BCUT2D eigenvalue weighted by molar-refractivity contribution is -0.0781. The topological polar surface area (TPSA) is 135 Å². The highest BCUT2D eigenvalue weighted by molar-refractivity contribution is 7.86. The van der Waals surface area contributed by atoms with Gasteiger partial charge in [-0.25, -0.2) is 15.0 Å². The van der Waals surface area contributed by atoms with Crippen LogP contribution in [0.2, 0.25) is 0 Å². The maximum atomic E-state index is 12.4. The molecule has 28 heavy (non-hydrogen) atoms. The summed E-state index contributed by atoms with van der Waals surface area (Å²) in [5.41, 5.74) is 7.79. The van der Waals surface area contributed by atoms with Crippen LogP contribution in [0, 0.1) is 6.92 Å². The van der Waals surface area contributed by atoms with Gasteiger partial charge in [0.25, 0.3) is 10.1 Å². The molecule has 0 unspecified atom stereocenters. The van der Waals surface area contributed by atoms with Crippen LogP contribution in [0.15, 0.2) is 41.8 Å². The molecule has 0 bridgehead atoms. The van der Waals surface area contributed by atoms with Crippen LogP contribution in [-0.2, 0) is 23.8 Å². The third-order valence-corrected chi connectivity index (χ3v) is 6.18. The van der Waals surface area contributed by atoms with Gasteiger partial charge in [0, 0.05) is 0 Å². The normalized spacial score (nSPS) is 26.5. The molecule has 2 fully saturated rings. The molecule has 10 nitrogen and oxygen atoms in total. The fourth-order valence-electron chi connectivity index (χ4n) is 3.34. The zero-order valence-corrected chi connectivity index (χ0v) is 15.6. The molecule has 0 spiro atoms.